The van der Waals surface area contributed by atoms with Crippen molar-refractivity contribution in [3.05, 3.63) is 42.4 Å². The number of amides is 1. The number of nitrogens with one attached hydrogen (secondary N) is 1. The van der Waals surface area contributed by atoms with Crippen molar-refractivity contribution in [3.8, 4) is 0 Å². The molecule has 2 aromatic heterocycles. The van der Waals surface area contributed by atoms with E-state index in [2.05, 4.69) is 15.4 Å². The summed E-state index contributed by atoms with van der Waals surface area (Å²) < 4.78 is 26.1. The predicted molar refractivity (Wildman–Crippen MR) is 94.9 cm³/mol. The molecule has 8 heteroatoms. The molecule has 1 aliphatic rings. The van der Waals surface area contributed by atoms with Gasteiger partial charge in [-0.2, -0.15) is 5.10 Å². The van der Waals surface area contributed by atoms with Crippen molar-refractivity contribution in [2.24, 2.45) is 0 Å². The van der Waals surface area contributed by atoms with Crippen LogP contribution in [0.25, 0.3) is 0 Å². The molecule has 3 rings (SSSR count). The van der Waals surface area contributed by atoms with E-state index < -0.39 is 9.84 Å². The van der Waals surface area contributed by atoms with Crippen molar-refractivity contribution in [1.29, 1.82) is 0 Å². The number of hydrogen-bond donors (Lipinski definition) is 1. The van der Waals surface area contributed by atoms with Gasteiger partial charge in [-0.25, -0.2) is 8.42 Å². The lowest BCUT2D eigenvalue weighted by atomic mass is 10.3. The summed E-state index contributed by atoms with van der Waals surface area (Å²) in [7, 11) is -3.18. The minimum Gasteiger partial charge on any atom is -0.309 e. The van der Waals surface area contributed by atoms with Crippen LogP contribution in [0.15, 0.2) is 36.7 Å². The molecule has 0 spiro atoms. The average Bonchev–Trinajstić information content (AvgIpc) is 3.27. The summed E-state index contributed by atoms with van der Waals surface area (Å²) in [5, 5.41) is 6.65. The first kappa shape index (κ1) is 17.6. The number of sulfone groups is 1. The second kappa shape index (κ2) is 7.77. The highest BCUT2D eigenvalue weighted by Gasteiger charge is 2.28. The van der Waals surface area contributed by atoms with Gasteiger partial charge >= 0.3 is 0 Å². The lowest BCUT2D eigenvalue weighted by Crippen LogP contribution is -2.24. The first-order chi connectivity index (χ1) is 12.0. The monoisotopic (exact) mass is 362 g/mol. The number of anilines is 1. The van der Waals surface area contributed by atoms with E-state index >= 15 is 0 Å². The van der Waals surface area contributed by atoms with Crippen LogP contribution in [0.1, 0.15) is 37.8 Å². The van der Waals surface area contributed by atoms with Crippen molar-refractivity contribution in [3.63, 3.8) is 0 Å². The highest BCUT2D eigenvalue weighted by Crippen LogP contribution is 2.25. The molecule has 1 saturated carbocycles. The smallest absolute Gasteiger partial charge is 0.226 e. The van der Waals surface area contributed by atoms with Crippen molar-refractivity contribution in [1.82, 2.24) is 14.8 Å². The van der Waals surface area contributed by atoms with Gasteiger partial charge in [0.25, 0.3) is 0 Å². The number of hydrogen-bond acceptors (Lipinski definition) is 5. The van der Waals surface area contributed by atoms with Crippen molar-refractivity contribution in [2.75, 3.05) is 11.1 Å². The van der Waals surface area contributed by atoms with E-state index in [-0.39, 0.29) is 23.3 Å². The molecule has 7 nitrogen and oxygen atoms in total. The molecule has 0 aromatic carbocycles. The Labute approximate surface area is 147 Å². The number of carbonyl (C=O) groups is 1. The second-order valence-electron chi connectivity index (χ2n) is 6.29. The van der Waals surface area contributed by atoms with Crippen molar-refractivity contribution in [2.45, 2.75) is 43.9 Å². The summed E-state index contributed by atoms with van der Waals surface area (Å²) in [6, 6.07) is 7.33. The molecule has 1 fully saturated rings. The third-order valence-electron chi connectivity index (χ3n) is 4.38. The van der Waals surface area contributed by atoms with Crippen LogP contribution in [0.4, 0.5) is 5.82 Å². The quantitative estimate of drug-likeness (QED) is 0.813. The number of carbonyl (C=O) groups excluding carboxylic acids is 1. The van der Waals surface area contributed by atoms with E-state index in [1.165, 1.54) is 0 Å². The Morgan fingerprint density at radius 2 is 2.04 bits per heavy atom. The van der Waals surface area contributed by atoms with Gasteiger partial charge in [0.1, 0.15) is 0 Å². The van der Waals surface area contributed by atoms with Gasteiger partial charge in [-0.05, 0) is 25.0 Å². The number of rotatable bonds is 7. The van der Waals surface area contributed by atoms with E-state index in [1.54, 1.807) is 23.1 Å². The molecular weight excluding hydrogens is 340 g/mol. The number of nitrogens with zero attached hydrogens (tertiary/aromatic N) is 3. The zero-order valence-corrected chi connectivity index (χ0v) is 14.8. The number of aromatic nitrogens is 3. The van der Waals surface area contributed by atoms with Crippen LogP contribution in [0.2, 0.25) is 0 Å². The van der Waals surface area contributed by atoms with E-state index in [9.17, 15) is 13.2 Å². The fraction of sp³-hybridized carbons (Fsp3) is 0.471. The Balaban J connectivity index is 1.50. The van der Waals surface area contributed by atoms with Gasteiger partial charge in [0, 0.05) is 24.9 Å². The standard InChI is InChI=1S/C17H22N4O3S/c22-17(9-12-25(23,24)15-6-1-2-7-15)19-16-8-11-21(20-16)13-14-5-3-4-10-18-14/h3-5,8,10-11,15H,1-2,6-7,9,12-13H2,(H,19,20,22). The Kier molecular flexibility index (Phi) is 5.47. The summed E-state index contributed by atoms with van der Waals surface area (Å²) in [6.45, 7) is 0.507. The lowest BCUT2D eigenvalue weighted by molar-refractivity contribution is -0.115. The van der Waals surface area contributed by atoms with Crippen LogP contribution < -0.4 is 5.32 Å². The Morgan fingerprint density at radius 3 is 2.76 bits per heavy atom. The van der Waals surface area contributed by atoms with Gasteiger partial charge in [0.05, 0.1) is 23.2 Å². The molecule has 1 N–H and O–H groups in total. The lowest BCUT2D eigenvalue weighted by Gasteiger charge is -2.10. The van der Waals surface area contributed by atoms with Gasteiger partial charge in [-0.15, -0.1) is 0 Å². The highest BCUT2D eigenvalue weighted by molar-refractivity contribution is 7.92. The van der Waals surface area contributed by atoms with Crippen LogP contribution in [-0.2, 0) is 21.2 Å². The Morgan fingerprint density at radius 1 is 1.24 bits per heavy atom. The summed E-state index contributed by atoms with van der Waals surface area (Å²) in [6.07, 6.45) is 6.80. The Hall–Kier alpha value is -2.22. The van der Waals surface area contributed by atoms with Gasteiger partial charge in [0.2, 0.25) is 5.91 Å². The van der Waals surface area contributed by atoms with E-state index in [0.29, 0.717) is 12.4 Å². The molecule has 25 heavy (non-hydrogen) atoms. The summed E-state index contributed by atoms with van der Waals surface area (Å²) in [4.78, 5) is 16.2. The molecule has 0 saturated heterocycles. The minimum absolute atomic E-state index is 0.0358. The molecule has 2 aromatic rings. The third-order valence-corrected chi connectivity index (χ3v) is 6.64. The van der Waals surface area contributed by atoms with Crippen LogP contribution in [0, 0.1) is 0 Å². The van der Waals surface area contributed by atoms with Gasteiger partial charge in [-0.3, -0.25) is 14.5 Å². The van der Waals surface area contributed by atoms with Crippen molar-refractivity contribution < 1.29 is 13.2 Å². The van der Waals surface area contributed by atoms with Crippen LogP contribution in [0.5, 0.6) is 0 Å². The zero-order valence-electron chi connectivity index (χ0n) is 14.0. The SMILES string of the molecule is O=C(CCS(=O)(=O)C1CCCC1)Nc1ccn(Cc2ccccn2)n1. The highest BCUT2D eigenvalue weighted by atomic mass is 32.2. The molecule has 1 aliphatic carbocycles. The maximum Gasteiger partial charge on any atom is 0.226 e. The minimum atomic E-state index is -3.18. The first-order valence-corrected chi connectivity index (χ1v) is 10.2. The van der Waals surface area contributed by atoms with E-state index in [1.807, 2.05) is 18.2 Å². The second-order valence-corrected chi connectivity index (χ2v) is 8.69. The van der Waals surface area contributed by atoms with Crippen LogP contribution in [0.3, 0.4) is 0 Å². The maximum absolute atomic E-state index is 12.2. The summed E-state index contributed by atoms with van der Waals surface area (Å²) >= 11 is 0. The molecule has 134 valence electrons. The fourth-order valence-corrected chi connectivity index (χ4v) is 4.88. The topological polar surface area (TPSA) is 94.0 Å². The molecule has 2 heterocycles. The largest absolute Gasteiger partial charge is 0.309 e. The summed E-state index contributed by atoms with van der Waals surface area (Å²) in [5.41, 5.74) is 0.867. The number of pyridine rings is 1. The van der Waals surface area contributed by atoms with Crippen LogP contribution in [-0.4, -0.2) is 40.1 Å². The van der Waals surface area contributed by atoms with E-state index in [4.69, 9.17) is 0 Å². The van der Waals surface area contributed by atoms with Gasteiger partial charge < -0.3 is 5.32 Å². The molecule has 0 bridgehead atoms. The first-order valence-electron chi connectivity index (χ1n) is 8.48. The van der Waals surface area contributed by atoms with Gasteiger partial charge in [0.15, 0.2) is 15.7 Å². The molecule has 1 amide bonds. The molecular formula is C17H22N4O3S. The van der Waals surface area contributed by atoms with E-state index in [0.717, 1.165) is 31.4 Å². The average molecular weight is 362 g/mol. The third kappa shape index (κ3) is 4.88. The molecule has 0 unspecified atom stereocenters. The maximum atomic E-state index is 12.2. The zero-order chi connectivity index (χ0) is 17.7. The van der Waals surface area contributed by atoms with Gasteiger partial charge in [-0.1, -0.05) is 18.9 Å². The fourth-order valence-electron chi connectivity index (χ4n) is 3.03. The Bertz CT molecular complexity index is 811. The molecule has 0 atom stereocenters. The van der Waals surface area contributed by atoms with Crippen LogP contribution >= 0.6 is 0 Å². The predicted octanol–water partition coefficient (Wildman–Crippen LogP) is 2.01. The van der Waals surface area contributed by atoms with Crippen molar-refractivity contribution >= 4 is 21.6 Å². The normalized spacial score (nSPS) is 15.4. The summed E-state index contributed by atoms with van der Waals surface area (Å²) in [5.74, 6) is -0.0122. The molecule has 0 aliphatic heterocycles. The molecule has 0 radical (unpaired) electrons.